The highest BCUT2D eigenvalue weighted by Crippen LogP contribution is 2.28. The smallest absolute Gasteiger partial charge is 0.136 e. The van der Waals surface area contributed by atoms with Crippen LogP contribution in [0.25, 0.3) is 11.3 Å². The number of aromatic nitrogens is 2. The largest absolute Gasteiger partial charge is 0.233 e. The monoisotopic (exact) mass is 250 g/mol. The fourth-order valence-electron chi connectivity index (χ4n) is 1.75. The van der Waals surface area contributed by atoms with Crippen LogP contribution in [-0.4, -0.2) is 9.97 Å². The SMILES string of the molecule is Cc1nc(Cl)c(C)c(-c2ccc(F)cc2C)n1. The molecule has 1 aromatic carbocycles. The van der Waals surface area contributed by atoms with Gasteiger partial charge in [-0.25, -0.2) is 14.4 Å². The van der Waals surface area contributed by atoms with Crippen molar-refractivity contribution < 1.29 is 4.39 Å². The summed E-state index contributed by atoms with van der Waals surface area (Å²) < 4.78 is 13.1. The molecule has 0 aliphatic carbocycles. The van der Waals surface area contributed by atoms with Gasteiger partial charge in [-0.1, -0.05) is 11.6 Å². The van der Waals surface area contributed by atoms with Gasteiger partial charge in [-0.15, -0.1) is 0 Å². The summed E-state index contributed by atoms with van der Waals surface area (Å²) >= 11 is 6.03. The second kappa shape index (κ2) is 4.41. The summed E-state index contributed by atoms with van der Waals surface area (Å²) in [6.45, 7) is 5.50. The molecule has 0 atom stereocenters. The van der Waals surface area contributed by atoms with Gasteiger partial charge in [0.2, 0.25) is 0 Å². The molecule has 0 spiro atoms. The number of benzene rings is 1. The predicted molar refractivity (Wildman–Crippen MR) is 66.6 cm³/mol. The van der Waals surface area contributed by atoms with E-state index in [1.807, 2.05) is 13.8 Å². The van der Waals surface area contributed by atoms with E-state index in [1.165, 1.54) is 12.1 Å². The molecule has 0 radical (unpaired) electrons. The van der Waals surface area contributed by atoms with E-state index < -0.39 is 0 Å². The first-order valence-electron chi connectivity index (χ1n) is 5.26. The molecule has 2 aromatic rings. The lowest BCUT2D eigenvalue weighted by Crippen LogP contribution is -1.98. The van der Waals surface area contributed by atoms with Crippen LogP contribution in [0.5, 0.6) is 0 Å². The third-order valence-electron chi connectivity index (χ3n) is 2.64. The molecule has 0 amide bonds. The Morgan fingerprint density at radius 3 is 2.47 bits per heavy atom. The summed E-state index contributed by atoms with van der Waals surface area (Å²) in [7, 11) is 0. The third kappa shape index (κ3) is 2.29. The van der Waals surface area contributed by atoms with Crippen LogP contribution in [-0.2, 0) is 0 Å². The Bertz CT molecular complexity index is 582. The van der Waals surface area contributed by atoms with Crippen molar-refractivity contribution in [1.29, 1.82) is 0 Å². The van der Waals surface area contributed by atoms with Gasteiger partial charge in [-0.05, 0) is 44.5 Å². The molecular formula is C13H12ClFN2. The highest BCUT2D eigenvalue weighted by molar-refractivity contribution is 6.30. The minimum Gasteiger partial charge on any atom is -0.233 e. The molecule has 0 bridgehead atoms. The van der Waals surface area contributed by atoms with Crippen LogP contribution in [0, 0.1) is 26.6 Å². The van der Waals surface area contributed by atoms with Crippen LogP contribution >= 0.6 is 11.6 Å². The van der Waals surface area contributed by atoms with Crippen molar-refractivity contribution in [1.82, 2.24) is 9.97 Å². The van der Waals surface area contributed by atoms with Crippen LogP contribution in [0.4, 0.5) is 4.39 Å². The van der Waals surface area contributed by atoms with Gasteiger partial charge in [0.1, 0.15) is 16.8 Å². The molecule has 0 saturated heterocycles. The van der Waals surface area contributed by atoms with Gasteiger partial charge in [0.05, 0.1) is 5.69 Å². The van der Waals surface area contributed by atoms with E-state index in [-0.39, 0.29) is 5.82 Å². The summed E-state index contributed by atoms with van der Waals surface area (Å²) in [5.74, 6) is 0.361. The highest BCUT2D eigenvalue weighted by atomic mass is 35.5. The van der Waals surface area contributed by atoms with Crippen LogP contribution < -0.4 is 0 Å². The standard InChI is InChI=1S/C13H12ClFN2/c1-7-6-10(15)4-5-11(7)12-8(2)13(14)17-9(3)16-12/h4-6H,1-3H3. The second-order valence-corrected chi connectivity index (χ2v) is 4.35. The first kappa shape index (κ1) is 12.0. The third-order valence-corrected chi connectivity index (χ3v) is 3.01. The first-order valence-corrected chi connectivity index (χ1v) is 5.64. The highest BCUT2D eigenvalue weighted by Gasteiger charge is 2.11. The predicted octanol–water partition coefficient (Wildman–Crippen LogP) is 3.86. The average molecular weight is 251 g/mol. The number of hydrogen-bond donors (Lipinski definition) is 0. The van der Waals surface area contributed by atoms with Gasteiger partial charge in [0.25, 0.3) is 0 Å². The number of nitrogens with zero attached hydrogens (tertiary/aromatic N) is 2. The molecule has 0 N–H and O–H groups in total. The van der Waals surface area contributed by atoms with Crippen molar-refractivity contribution in [2.45, 2.75) is 20.8 Å². The zero-order valence-electron chi connectivity index (χ0n) is 9.88. The number of halogens is 2. The zero-order chi connectivity index (χ0) is 12.6. The van der Waals surface area contributed by atoms with Gasteiger partial charge in [-0.2, -0.15) is 0 Å². The van der Waals surface area contributed by atoms with Crippen molar-refractivity contribution in [3.05, 3.63) is 46.1 Å². The van der Waals surface area contributed by atoms with Crippen LogP contribution in [0.3, 0.4) is 0 Å². The molecule has 2 rings (SSSR count). The van der Waals surface area contributed by atoms with E-state index in [4.69, 9.17) is 11.6 Å². The van der Waals surface area contributed by atoms with Crippen LogP contribution in [0.2, 0.25) is 5.15 Å². The molecule has 1 heterocycles. The Morgan fingerprint density at radius 1 is 1.12 bits per heavy atom. The van der Waals surface area contributed by atoms with E-state index in [1.54, 1.807) is 13.0 Å². The van der Waals surface area contributed by atoms with Gasteiger partial charge >= 0.3 is 0 Å². The summed E-state index contributed by atoms with van der Waals surface area (Å²) in [6.07, 6.45) is 0. The van der Waals surface area contributed by atoms with Gasteiger partial charge in [-0.3, -0.25) is 0 Å². The Morgan fingerprint density at radius 2 is 1.82 bits per heavy atom. The van der Waals surface area contributed by atoms with Gasteiger partial charge < -0.3 is 0 Å². The Hall–Kier alpha value is -1.48. The minimum absolute atomic E-state index is 0.249. The summed E-state index contributed by atoms with van der Waals surface area (Å²) in [6, 6.07) is 4.63. The number of aryl methyl sites for hydroxylation is 2. The second-order valence-electron chi connectivity index (χ2n) is 3.99. The fraction of sp³-hybridized carbons (Fsp3) is 0.231. The van der Waals surface area contributed by atoms with Gasteiger partial charge in [0, 0.05) is 11.1 Å². The number of hydrogen-bond acceptors (Lipinski definition) is 2. The molecule has 0 aliphatic heterocycles. The molecule has 0 fully saturated rings. The van der Waals surface area contributed by atoms with Crippen LogP contribution in [0.1, 0.15) is 17.0 Å². The topological polar surface area (TPSA) is 25.8 Å². The average Bonchev–Trinajstić information content (AvgIpc) is 2.24. The lowest BCUT2D eigenvalue weighted by Gasteiger charge is -2.10. The lowest BCUT2D eigenvalue weighted by molar-refractivity contribution is 0.627. The lowest BCUT2D eigenvalue weighted by atomic mass is 10.0. The Labute approximate surface area is 104 Å². The van der Waals surface area contributed by atoms with Gasteiger partial charge in [0.15, 0.2) is 0 Å². The fourth-order valence-corrected chi connectivity index (χ4v) is 1.96. The first-order chi connectivity index (χ1) is 7.99. The normalized spacial score (nSPS) is 10.6. The van der Waals surface area contributed by atoms with Crippen molar-refractivity contribution in [3.8, 4) is 11.3 Å². The van der Waals surface area contributed by atoms with E-state index >= 15 is 0 Å². The molecule has 2 nitrogen and oxygen atoms in total. The summed E-state index contributed by atoms with van der Waals surface area (Å²) in [4.78, 5) is 8.46. The maximum absolute atomic E-state index is 13.1. The molecule has 88 valence electrons. The minimum atomic E-state index is -0.249. The molecule has 4 heteroatoms. The molecule has 0 aliphatic rings. The quantitative estimate of drug-likeness (QED) is 0.718. The van der Waals surface area contributed by atoms with Crippen LogP contribution in [0.15, 0.2) is 18.2 Å². The Balaban J connectivity index is 2.68. The van der Waals surface area contributed by atoms with Crippen molar-refractivity contribution >= 4 is 11.6 Å². The van der Waals surface area contributed by atoms with E-state index in [2.05, 4.69) is 9.97 Å². The Kier molecular flexibility index (Phi) is 3.11. The van der Waals surface area contributed by atoms with Crippen molar-refractivity contribution in [2.24, 2.45) is 0 Å². The van der Waals surface area contributed by atoms with Crippen molar-refractivity contribution in [3.63, 3.8) is 0 Å². The van der Waals surface area contributed by atoms with E-state index in [9.17, 15) is 4.39 Å². The van der Waals surface area contributed by atoms with E-state index in [0.29, 0.717) is 11.0 Å². The summed E-state index contributed by atoms with van der Waals surface area (Å²) in [5.41, 5.74) is 3.30. The summed E-state index contributed by atoms with van der Waals surface area (Å²) in [5, 5.41) is 0.441. The zero-order valence-corrected chi connectivity index (χ0v) is 10.6. The maximum atomic E-state index is 13.1. The molecule has 17 heavy (non-hydrogen) atoms. The molecular weight excluding hydrogens is 239 g/mol. The number of rotatable bonds is 1. The molecule has 1 aromatic heterocycles. The van der Waals surface area contributed by atoms with Crippen molar-refractivity contribution in [2.75, 3.05) is 0 Å². The van der Waals surface area contributed by atoms with E-state index in [0.717, 1.165) is 22.4 Å². The molecule has 0 saturated carbocycles. The molecule has 0 unspecified atom stereocenters. The maximum Gasteiger partial charge on any atom is 0.136 e.